The average Bonchev–Trinajstić information content (AvgIpc) is 3.88. The smallest absolute Gasteiger partial charge is 0.160 e. The molecule has 0 saturated carbocycles. The Labute approximate surface area is 359 Å². The van der Waals surface area contributed by atoms with E-state index in [4.69, 9.17) is 9.97 Å². The van der Waals surface area contributed by atoms with Crippen molar-refractivity contribution >= 4 is 43.6 Å². The van der Waals surface area contributed by atoms with E-state index in [2.05, 4.69) is 221 Å². The lowest BCUT2D eigenvalue weighted by Gasteiger charge is -2.13. The molecule has 0 bridgehead atoms. The lowest BCUT2D eigenvalue weighted by molar-refractivity contribution is 1.17. The molecule has 0 radical (unpaired) electrons. The van der Waals surface area contributed by atoms with Gasteiger partial charge in [-0.05, 0) is 76.9 Å². The summed E-state index contributed by atoms with van der Waals surface area (Å²) in [7, 11) is 0. The first-order chi connectivity index (χ1) is 30.7. The molecule has 0 aliphatic heterocycles. The van der Waals surface area contributed by atoms with Crippen LogP contribution in [0.25, 0.3) is 111 Å². The molecule has 290 valence electrons. The number of fused-ring (bicyclic) bond motifs is 7. The van der Waals surface area contributed by atoms with Crippen LogP contribution in [0.4, 0.5) is 0 Å². The van der Waals surface area contributed by atoms with Gasteiger partial charge < -0.3 is 9.13 Å². The van der Waals surface area contributed by atoms with Crippen LogP contribution in [-0.4, -0.2) is 19.1 Å². The van der Waals surface area contributed by atoms with Crippen molar-refractivity contribution in [1.82, 2.24) is 19.1 Å². The van der Waals surface area contributed by atoms with E-state index in [-0.39, 0.29) is 0 Å². The van der Waals surface area contributed by atoms with Gasteiger partial charge in [0.15, 0.2) is 5.82 Å². The summed E-state index contributed by atoms with van der Waals surface area (Å²) in [6.07, 6.45) is 0. The van der Waals surface area contributed by atoms with Crippen molar-refractivity contribution in [3.8, 4) is 67.5 Å². The molecule has 0 spiro atoms. The molecule has 0 saturated heterocycles. The van der Waals surface area contributed by atoms with Gasteiger partial charge in [0, 0.05) is 49.6 Å². The van der Waals surface area contributed by atoms with Gasteiger partial charge in [-0.15, -0.1) is 0 Å². The molecule has 0 amide bonds. The summed E-state index contributed by atoms with van der Waals surface area (Å²) in [6.45, 7) is 0. The second kappa shape index (κ2) is 14.7. The number of aromatic nitrogens is 4. The maximum Gasteiger partial charge on any atom is 0.160 e. The van der Waals surface area contributed by atoms with Crippen LogP contribution >= 0.6 is 0 Å². The molecular weight excluding hydrogens is 753 g/mol. The van der Waals surface area contributed by atoms with Crippen molar-refractivity contribution < 1.29 is 0 Å². The lowest BCUT2D eigenvalue weighted by atomic mass is 10.0. The van der Waals surface area contributed by atoms with E-state index in [0.717, 1.165) is 45.0 Å². The van der Waals surface area contributed by atoms with Crippen molar-refractivity contribution in [3.63, 3.8) is 0 Å². The fourth-order valence-corrected chi connectivity index (χ4v) is 9.24. The predicted octanol–water partition coefficient (Wildman–Crippen LogP) is 15.0. The fourth-order valence-electron chi connectivity index (χ4n) is 9.24. The van der Waals surface area contributed by atoms with Crippen LogP contribution in [0, 0.1) is 0 Å². The summed E-state index contributed by atoms with van der Waals surface area (Å²) in [5, 5.41) is 4.90. The summed E-state index contributed by atoms with van der Waals surface area (Å²) >= 11 is 0. The Morgan fingerprint density at radius 1 is 0.274 bits per heavy atom. The van der Waals surface area contributed by atoms with Crippen molar-refractivity contribution in [2.75, 3.05) is 0 Å². The number of benzene rings is 9. The molecule has 0 aliphatic rings. The zero-order chi connectivity index (χ0) is 41.0. The van der Waals surface area contributed by atoms with E-state index < -0.39 is 0 Å². The molecule has 0 atom stereocenters. The molecule has 4 heteroatoms. The highest BCUT2D eigenvalue weighted by atomic mass is 15.0. The molecule has 0 N–H and O–H groups in total. The van der Waals surface area contributed by atoms with Crippen LogP contribution in [0.15, 0.2) is 231 Å². The summed E-state index contributed by atoms with van der Waals surface area (Å²) in [5.41, 5.74) is 16.4. The third-order valence-corrected chi connectivity index (χ3v) is 12.1. The highest BCUT2D eigenvalue weighted by Crippen LogP contribution is 2.42. The minimum atomic E-state index is 0.697. The molecule has 12 rings (SSSR count). The van der Waals surface area contributed by atoms with Gasteiger partial charge in [0.1, 0.15) is 0 Å². The zero-order valence-electron chi connectivity index (χ0n) is 33.7. The Bertz CT molecular complexity index is 3600. The molecular formula is C58H38N4. The SMILES string of the molecule is c1ccc(-c2cccc(-c3cc(-c4ccc(-n5c6ccccc6c6ccc7c(c8ccccc8n7-c7cccc(-c8ccccc8)c7)c65)cc4)nc(-c4ccccc4)n3)c2)cc1. The zero-order valence-corrected chi connectivity index (χ0v) is 33.7. The van der Waals surface area contributed by atoms with Crippen molar-refractivity contribution in [2.24, 2.45) is 0 Å². The Kier molecular flexibility index (Phi) is 8.46. The van der Waals surface area contributed by atoms with Crippen LogP contribution in [0.5, 0.6) is 0 Å². The first-order valence-electron chi connectivity index (χ1n) is 21.1. The second-order valence-corrected chi connectivity index (χ2v) is 15.8. The van der Waals surface area contributed by atoms with E-state index >= 15 is 0 Å². The number of para-hydroxylation sites is 2. The number of rotatable bonds is 7. The average molecular weight is 791 g/mol. The Morgan fingerprint density at radius 3 is 1.50 bits per heavy atom. The third kappa shape index (κ3) is 6.00. The topological polar surface area (TPSA) is 35.6 Å². The summed E-state index contributed by atoms with van der Waals surface area (Å²) in [6, 6.07) is 82.1. The number of hydrogen-bond acceptors (Lipinski definition) is 2. The molecule has 0 aliphatic carbocycles. The molecule has 3 heterocycles. The molecule has 12 aromatic rings. The van der Waals surface area contributed by atoms with Gasteiger partial charge in [0.05, 0.1) is 33.5 Å². The summed E-state index contributed by atoms with van der Waals surface area (Å²) < 4.78 is 4.87. The van der Waals surface area contributed by atoms with E-state index in [1.807, 2.05) is 18.2 Å². The van der Waals surface area contributed by atoms with Crippen LogP contribution < -0.4 is 0 Å². The molecule has 0 unspecified atom stereocenters. The van der Waals surface area contributed by atoms with E-state index in [0.29, 0.717) is 5.82 Å². The number of nitrogens with zero attached hydrogens (tertiary/aromatic N) is 4. The molecule has 0 fully saturated rings. The van der Waals surface area contributed by atoms with E-state index in [9.17, 15) is 0 Å². The summed E-state index contributed by atoms with van der Waals surface area (Å²) in [5.74, 6) is 0.697. The van der Waals surface area contributed by atoms with Crippen molar-refractivity contribution in [3.05, 3.63) is 231 Å². The van der Waals surface area contributed by atoms with Gasteiger partial charge >= 0.3 is 0 Å². The van der Waals surface area contributed by atoms with Crippen molar-refractivity contribution in [1.29, 1.82) is 0 Å². The highest BCUT2D eigenvalue weighted by molar-refractivity contribution is 6.26. The first-order valence-corrected chi connectivity index (χ1v) is 21.1. The van der Waals surface area contributed by atoms with E-state index in [1.165, 1.54) is 60.3 Å². The third-order valence-electron chi connectivity index (χ3n) is 12.1. The van der Waals surface area contributed by atoms with Crippen LogP contribution in [0.1, 0.15) is 0 Å². The highest BCUT2D eigenvalue weighted by Gasteiger charge is 2.21. The van der Waals surface area contributed by atoms with Crippen LogP contribution in [0.2, 0.25) is 0 Å². The van der Waals surface area contributed by atoms with Gasteiger partial charge in [-0.2, -0.15) is 0 Å². The van der Waals surface area contributed by atoms with Crippen molar-refractivity contribution in [2.45, 2.75) is 0 Å². The standard InChI is InChI=1S/C58H38N4/c1-4-16-39(17-5-1)43-22-14-24-45(36-43)52-38-51(59-58(60-52)42-20-8-3-9-21-42)41-30-32-46(33-31-41)62-53-28-12-10-26-48(53)49-34-35-55-56(57(49)62)50-27-11-13-29-54(50)61(55)47-25-15-23-44(37-47)40-18-6-2-7-19-40/h1-38H. The quantitative estimate of drug-likeness (QED) is 0.161. The van der Waals surface area contributed by atoms with Gasteiger partial charge in [-0.3, -0.25) is 0 Å². The van der Waals surface area contributed by atoms with Gasteiger partial charge in [0.2, 0.25) is 0 Å². The van der Waals surface area contributed by atoms with Gasteiger partial charge in [0.25, 0.3) is 0 Å². The predicted molar refractivity (Wildman–Crippen MR) is 258 cm³/mol. The largest absolute Gasteiger partial charge is 0.309 e. The summed E-state index contributed by atoms with van der Waals surface area (Å²) in [4.78, 5) is 10.3. The lowest BCUT2D eigenvalue weighted by Crippen LogP contribution is -1.97. The monoisotopic (exact) mass is 790 g/mol. The van der Waals surface area contributed by atoms with Crippen LogP contribution in [0.3, 0.4) is 0 Å². The van der Waals surface area contributed by atoms with Gasteiger partial charge in [-0.1, -0.05) is 176 Å². The normalized spacial score (nSPS) is 11.5. The minimum absolute atomic E-state index is 0.697. The molecule has 3 aromatic heterocycles. The Balaban J connectivity index is 1.03. The molecule has 4 nitrogen and oxygen atoms in total. The van der Waals surface area contributed by atoms with E-state index in [1.54, 1.807) is 0 Å². The maximum atomic E-state index is 5.18. The minimum Gasteiger partial charge on any atom is -0.309 e. The first kappa shape index (κ1) is 35.6. The van der Waals surface area contributed by atoms with Gasteiger partial charge in [-0.25, -0.2) is 9.97 Å². The number of hydrogen-bond donors (Lipinski definition) is 0. The molecule has 62 heavy (non-hydrogen) atoms. The Hall–Kier alpha value is -8.34. The molecule has 9 aromatic carbocycles. The Morgan fingerprint density at radius 2 is 0.806 bits per heavy atom. The second-order valence-electron chi connectivity index (χ2n) is 15.8. The van der Waals surface area contributed by atoms with Crippen LogP contribution in [-0.2, 0) is 0 Å². The fraction of sp³-hybridized carbons (Fsp3) is 0. The maximum absolute atomic E-state index is 5.18.